The number of carboxylic acid groups (broad SMARTS) is 2. The molecule has 0 aliphatic carbocycles. The van der Waals surface area contributed by atoms with Crippen LogP contribution in [0.25, 0.3) is 10.8 Å². The van der Waals surface area contributed by atoms with Gasteiger partial charge in [0.2, 0.25) is 5.91 Å². The molecule has 0 saturated carbocycles. The summed E-state index contributed by atoms with van der Waals surface area (Å²) in [6.07, 6.45) is 0.566. The fraction of sp³-hybridized carbons (Fsp3) is 0.211. The van der Waals surface area contributed by atoms with Crippen LogP contribution in [-0.2, 0) is 14.4 Å². The molecule has 7 nitrogen and oxygen atoms in total. The minimum Gasteiger partial charge on any atom is -0.497 e. The predicted octanol–water partition coefficient (Wildman–Crippen LogP) is 2.16. The van der Waals surface area contributed by atoms with E-state index in [1.807, 2.05) is 36.4 Å². The molecule has 0 saturated heterocycles. The number of nitrogens with one attached hydrogen (secondary N) is 1. The Bertz CT molecular complexity index is 887. The van der Waals surface area contributed by atoms with E-state index in [1.165, 1.54) is 0 Å². The molecule has 0 heterocycles. The number of carbonyl (C=O) groups excluding carboxylic acids is 1. The Morgan fingerprint density at radius 1 is 1.12 bits per heavy atom. The summed E-state index contributed by atoms with van der Waals surface area (Å²) in [5.41, 5.74) is 0.364. The van der Waals surface area contributed by atoms with Crippen molar-refractivity contribution in [3.63, 3.8) is 0 Å². The lowest BCUT2D eigenvalue weighted by atomic mass is 9.97. The Balaban J connectivity index is 2.13. The fourth-order valence-corrected chi connectivity index (χ4v) is 2.46. The standard InChI is InChI=1S/C19H19NO6/c1-11(18(23)20-10-15(19(24)25)9-17(21)22)12-3-4-14-8-16(26-2)6-5-13(14)7-12/h3-9,11H,10H2,1-2H3,(H,20,23)(H,21,22)(H,24,25)/b15-9-/t11-/m0/s1. The van der Waals surface area contributed by atoms with E-state index in [2.05, 4.69) is 5.32 Å². The number of rotatable bonds is 7. The lowest BCUT2D eigenvalue weighted by Crippen LogP contribution is -2.31. The smallest absolute Gasteiger partial charge is 0.333 e. The number of fused-ring (bicyclic) bond motifs is 1. The van der Waals surface area contributed by atoms with Crippen molar-refractivity contribution >= 4 is 28.6 Å². The van der Waals surface area contributed by atoms with Gasteiger partial charge in [-0.25, -0.2) is 9.59 Å². The van der Waals surface area contributed by atoms with Crippen molar-refractivity contribution < 1.29 is 29.3 Å². The van der Waals surface area contributed by atoms with Crippen molar-refractivity contribution in [2.24, 2.45) is 0 Å². The average molecular weight is 357 g/mol. The maximum atomic E-state index is 12.3. The molecule has 0 fully saturated rings. The third-order valence-corrected chi connectivity index (χ3v) is 3.99. The Kier molecular flexibility index (Phi) is 5.95. The Morgan fingerprint density at radius 2 is 1.77 bits per heavy atom. The van der Waals surface area contributed by atoms with Crippen LogP contribution in [-0.4, -0.2) is 41.7 Å². The fourth-order valence-electron chi connectivity index (χ4n) is 2.46. The van der Waals surface area contributed by atoms with Gasteiger partial charge in [0.15, 0.2) is 0 Å². The van der Waals surface area contributed by atoms with Gasteiger partial charge in [0.25, 0.3) is 0 Å². The van der Waals surface area contributed by atoms with Crippen molar-refractivity contribution in [3.05, 3.63) is 53.6 Å². The van der Waals surface area contributed by atoms with Crippen LogP contribution < -0.4 is 10.1 Å². The summed E-state index contributed by atoms with van der Waals surface area (Å²) in [7, 11) is 1.59. The largest absolute Gasteiger partial charge is 0.497 e. The van der Waals surface area contributed by atoms with Gasteiger partial charge in [0.05, 0.1) is 25.1 Å². The normalized spacial score (nSPS) is 12.5. The van der Waals surface area contributed by atoms with E-state index in [1.54, 1.807) is 14.0 Å². The molecule has 1 amide bonds. The minimum atomic E-state index is -1.39. The monoisotopic (exact) mass is 357 g/mol. The van der Waals surface area contributed by atoms with Gasteiger partial charge >= 0.3 is 11.9 Å². The molecule has 0 unspecified atom stereocenters. The second kappa shape index (κ2) is 8.15. The molecular weight excluding hydrogens is 338 g/mol. The van der Waals surface area contributed by atoms with E-state index in [4.69, 9.17) is 14.9 Å². The number of hydrogen-bond donors (Lipinski definition) is 3. The molecule has 0 aliphatic heterocycles. The topological polar surface area (TPSA) is 113 Å². The SMILES string of the molecule is COc1ccc2cc([C@H](C)C(=O)NC/C(=C/C(=O)O)C(=O)O)ccc2c1. The van der Waals surface area contributed by atoms with Crippen LogP contribution in [0.5, 0.6) is 5.75 Å². The van der Waals surface area contributed by atoms with E-state index >= 15 is 0 Å². The highest BCUT2D eigenvalue weighted by molar-refractivity contribution is 5.96. The molecule has 7 heteroatoms. The number of ether oxygens (including phenoxy) is 1. The summed E-state index contributed by atoms with van der Waals surface area (Å²) in [6.45, 7) is 1.33. The lowest BCUT2D eigenvalue weighted by Gasteiger charge is -2.14. The van der Waals surface area contributed by atoms with E-state index in [0.717, 1.165) is 22.1 Å². The van der Waals surface area contributed by atoms with Crippen molar-refractivity contribution in [2.75, 3.05) is 13.7 Å². The van der Waals surface area contributed by atoms with Gasteiger partial charge in [0.1, 0.15) is 5.75 Å². The molecule has 0 spiro atoms. The quantitative estimate of drug-likeness (QED) is 0.655. The molecule has 3 N–H and O–H groups in total. The second-order valence-electron chi connectivity index (χ2n) is 5.72. The first-order valence-electron chi connectivity index (χ1n) is 7.84. The van der Waals surface area contributed by atoms with E-state index in [0.29, 0.717) is 6.08 Å². The summed E-state index contributed by atoms with van der Waals surface area (Å²) in [4.78, 5) is 33.9. The Morgan fingerprint density at radius 3 is 2.38 bits per heavy atom. The molecule has 2 aromatic carbocycles. The summed E-state index contributed by atoms with van der Waals surface area (Å²) >= 11 is 0. The molecule has 1 atom stereocenters. The zero-order valence-electron chi connectivity index (χ0n) is 14.4. The van der Waals surface area contributed by atoms with Gasteiger partial charge in [-0.3, -0.25) is 4.79 Å². The number of carbonyl (C=O) groups is 3. The van der Waals surface area contributed by atoms with Gasteiger partial charge in [-0.15, -0.1) is 0 Å². The van der Waals surface area contributed by atoms with Crippen LogP contribution in [0.15, 0.2) is 48.0 Å². The molecule has 0 aliphatic rings. The van der Waals surface area contributed by atoms with Gasteiger partial charge in [-0.1, -0.05) is 24.3 Å². The van der Waals surface area contributed by atoms with E-state index in [-0.39, 0.29) is 6.54 Å². The van der Waals surface area contributed by atoms with Gasteiger partial charge < -0.3 is 20.3 Å². The molecule has 0 aromatic heterocycles. The number of hydrogen-bond acceptors (Lipinski definition) is 4. The average Bonchev–Trinajstić information content (AvgIpc) is 2.62. The Hall–Kier alpha value is -3.35. The van der Waals surface area contributed by atoms with Crippen LogP contribution in [0, 0.1) is 0 Å². The number of carboxylic acids is 2. The number of benzene rings is 2. The molecule has 136 valence electrons. The maximum absolute atomic E-state index is 12.3. The molecule has 2 aromatic rings. The van der Waals surface area contributed by atoms with Crippen LogP contribution >= 0.6 is 0 Å². The highest BCUT2D eigenvalue weighted by atomic mass is 16.5. The van der Waals surface area contributed by atoms with Crippen molar-refractivity contribution in [3.8, 4) is 5.75 Å². The van der Waals surface area contributed by atoms with Gasteiger partial charge in [0, 0.05) is 6.08 Å². The zero-order valence-corrected chi connectivity index (χ0v) is 14.4. The van der Waals surface area contributed by atoms with Crippen LogP contribution in [0.4, 0.5) is 0 Å². The molecule has 26 heavy (non-hydrogen) atoms. The molecule has 2 rings (SSSR count). The van der Waals surface area contributed by atoms with E-state index in [9.17, 15) is 14.4 Å². The van der Waals surface area contributed by atoms with Crippen LogP contribution in [0.2, 0.25) is 0 Å². The second-order valence-corrected chi connectivity index (χ2v) is 5.72. The van der Waals surface area contributed by atoms with Gasteiger partial charge in [-0.05, 0) is 35.4 Å². The zero-order chi connectivity index (χ0) is 19.3. The lowest BCUT2D eigenvalue weighted by molar-refractivity contribution is -0.135. The highest BCUT2D eigenvalue weighted by Gasteiger charge is 2.17. The first kappa shape index (κ1) is 19.0. The first-order chi connectivity index (χ1) is 12.3. The predicted molar refractivity (Wildman–Crippen MR) is 95.3 cm³/mol. The van der Waals surface area contributed by atoms with Crippen molar-refractivity contribution in [1.82, 2.24) is 5.32 Å². The molecule has 0 bridgehead atoms. The third kappa shape index (κ3) is 4.60. The number of amides is 1. The highest BCUT2D eigenvalue weighted by Crippen LogP contribution is 2.25. The molecule has 0 radical (unpaired) electrons. The van der Waals surface area contributed by atoms with E-state index < -0.39 is 29.3 Å². The minimum absolute atomic E-state index is 0.365. The van der Waals surface area contributed by atoms with Crippen LogP contribution in [0.3, 0.4) is 0 Å². The van der Waals surface area contributed by atoms with Crippen molar-refractivity contribution in [1.29, 1.82) is 0 Å². The number of aliphatic carboxylic acids is 2. The Labute approximate surface area is 149 Å². The van der Waals surface area contributed by atoms with Crippen molar-refractivity contribution in [2.45, 2.75) is 12.8 Å². The molecular formula is C19H19NO6. The summed E-state index contributed by atoms with van der Waals surface area (Å²) in [5, 5.41) is 22.0. The third-order valence-electron chi connectivity index (χ3n) is 3.99. The first-order valence-corrected chi connectivity index (χ1v) is 7.84. The summed E-state index contributed by atoms with van der Waals surface area (Å²) in [5.74, 6) is -2.95. The van der Waals surface area contributed by atoms with Gasteiger partial charge in [-0.2, -0.15) is 0 Å². The van der Waals surface area contributed by atoms with Crippen LogP contribution in [0.1, 0.15) is 18.4 Å². The summed E-state index contributed by atoms with van der Waals surface area (Å²) < 4.78 is 5.18. The maximum Gasteiger partial charge on any atom is 0.333 e. The summed E-state index contributed by atoms with van der Waals surface area (Å²) in [6, 6.07) is 11.2. The number of methoxy groups -OCH3 is 1.